The van der Waals surface area contributed by atoms with Crippen LogP contribution in [0.4, 0.5) is 0 Å². The number of rotatable bonds is 8. The number of benzene rings is 3. The van der Waals surface area contributed by atoms with Crippen molar-refractivity contribution in [3.05, 3.63) is 94.8 Å². The van der Waals surface area contributed by atoms with Crippen LogP contribution in [0.3, 0.4) is 0 Å². The molecule has 0 unspecified atom stereocenters. The largest absolute Gasteiger partial charge is 0.504 e. The van der Waals surface area contributed by atoms with E-state index < -0.39 is 5.97 Å². The Kier molecular flexibility index (Phi) is 7.06. The fraction of sp³-hybridized carbons (Fsp3) is 0.0714. The molecule has 0 bridgehead atoms. The summed E-state index contributed by atoms with van der Waals surface area (Å²) in [6.07, 6.45) is 7.22. The summed E-state index contributed by atoms with van der Waals surface area (Å²) in [5.41, 5.74) is 3.32. The molecule has 0 saturated heterocycles. The van der Waals surface area contributed by atoms with Crippen LogP contribution >= 0.6 is 0 Å². The lowest BCUT2D eigenvalue weighted by molar-refractivity contribution is 0.0696. The number of carbonyl (C=O) groups is 1. The molecule has 36 heavy (non-hydrogen) atoms. The first-order chi connectivity index (χ1) is 17.4. The van der Waals surface area contributed by atoms with Crippen LogP contribution in [0.1, 0.15) is 32.9 Å². The minimum Gasteiger partial charge on any atom is -0.504 e. The average Bonchev–Trinajstić information content (AvgIpc) is 3.30. The maximum Gasteiger partial charge on any atom is 0.337 e. The van der Waals surface area contributed by atoms with Crippen LogP contribution in [0.15, 0.2) is 66.7 Å². The predicted octanol–water partition coefficient (Wildman–Crippen LogP) is 5.34. The minimum atomic E-state index is -1.06. The molecule has 0 spiro atoms. The Balaban J connectivity index is 1.76. The maximum absolute atomic E-state index is 11.9. The van der Waals surface area contributed by atoms with Crippen LogP contribution in [0.2, 0.25) is 0 Å². The first-order valence-corrected chi connectivity index (χ1v) is 10.9. The van der Waals surface area contributed by atoms with E-state index in [1.807, 2.05) is 18.2 Å². The normalized spacial score (nSPS) is 11.3. The Morgan fingerprint density at radius 3 is 1.97 bits per heavy atom. The van der Waals surface area contributed by atoms with Gasteiger partial charge in [0.05, 0.1) is 36.9 Å². The van der Waals surface area contributed by atoms with E-state index in [1.165, 1.54) is 26.4 Å². The molecule has 182 valence electrons. The number of phenols is 2. The summed E-state index contributed by atoms with van der Waals surface area (Å²) in [6, 6.07) is 18.4. The van der Waals surface area contributed by atoms with Gasteiger partial charge >= 0.3 is 5.97 Å². The molecule has 0 aliphatic carbocycles. The molecule has 0 saturated carbocycles. The van der Waals surface area contributed by atoms with Gasteiger partial charge in [0.2, 0.25) is 0 Å². The lowest BCUT2D eigenvalue weighted by atomic mass is 10.1. The van der Waals surface area contributed by atoms with Crippen molar-refractivity contribution >= 4 is 30.3 Å². The molecule has 8 nitrogen and oxygen atoms in total. The molecule has 1 aromatic heterocycles. The smallest absolute Gasteiger partial charge is 0.337 e. The van der Waals surface area contributed by atoms with E-state index in [4.69, 9.17) is 9.47 Å². The number of hydrogen-bond acceptors (Lipinski definition) is 6. The highest BCUT2D eigenvalue weighted by atomic mass is 16.5. The highest BCUT2D eigenvalue weighted by molar-refractivity contribution is 5.92. The number of aromatic hydroxyl groups is 2. The fourth-order valence-corrected chi connectivity index (χ4v) is 3.61. The number of ether oxygens (including phenoxy) is 2. The number of phenolic OH excluding ortho intramolecular Hbond substituents is 2. The highest BCUT2D eigenvalue weighted by Gasteiger charge is 2.15. The summed E-state index contributed by atoms with van der Waals surface area (Å²) in [4.78, 5) is 11.9. The van der Waals surface area contributed by atoms with E-state index in [-0.39, 0.29) is 17.1 Å². The Labute approximate surface area is 207 Å². The first-order valence-electron chi connectivity index (χ1n) is 10.9. The zero-order chi connectivity index (χ0) is 25.7. The number of nitrogens with zero attached hydrogens (tertiary/aromatic N) is 2. The Morgan fingerprint density at radius 1 is 0.806 bits per heavy atom. The van der Waals surface area contributed by atoms with Gasteiger partial charge in [-0.1, -0.05) is 36.4 Å². The van der Waals surface area contributed by atoms with Crippen molar-refractivity contribution in [2.45, 2.75) is 0 Å². The molecule has 3 N–H and O–H groups in total. The van der Waals surface area contributed by atoms with Crippen molar-refractivity contribution in [2.24, 2.45) is 0 Å². The van der Waals surface area contributed by atoms with Gasteiger partial charge in [0.25, 0.3) is 0 Å². The summed E-state index contributed by atoms with van der Waals surface area (Å²) >= 11 is 0. The van der Waals surface area contributed by atoms with Crippen LogP contribution in [0.25, 0.3) is 30.0 Å². The third kappa shape index (κ3) is 5.23. The number of aromatic nitrogens is 2. The molecule has 1 heterocycles. The molecule has 4 rings (SSSR count). The molecule has 8 heteroatoms. The van der Waals surface area contributed by atoms with Gasteiger partial charge in [-0.15, -0.1) is 0 Å². The third-order valence-corrected chi connectivity index (χ3v) is 5.42. The Bertz CT molecular complexity index is 1470. The summed E-state index contributed by atoms with van der Waals surface area (Å²) < 4.78 is 11.9. The van der Waals surface area contributed by atoms with Gasteiger partial charge in [-0.3, -0.25) is 0 Å². The van der Waals surface area contributed by atoms with E-state index in [0.29, 0.717) is 28.6 Å². The topological polar surface area (TPSA) is 114 Å². The number of carboxylic acids is 1. The fourth-order valence-electron chi connectivity index (χ4n) is 3.61. The monoisotopic (exact) mass is 484 g/mol. The molecular weight excluding hydrogens is 460 g/mol. The van der Waals surface area contributed by atoms with E-state index in [0.717, 1.165) is 11.1 Å². The summed E-state index contributed by atoms with van der Waals surface area (Å²) in [5, 5.41) is 34.0. The van der Waals surface area contributed by atoms with Crippen LogP contribution in [-0.2, 0) is 0 Å². The van der Waals surface area contributed by atoms with Crippen molar-refractivity contribution < 1.29 is 29.6 Å². The van der Waals surface area contributed by atoms with E-state index in [9.17, 15) is 20.1 Å². The van der Waals surface area contributed by atoms with Gasteiger partial charge in [-0.2, -0.15) is 5.10 Å². The quantitative estimate of drug-likeness (QED) is 0.309. The zero-order valence-corrected chi connectivity index (χ0v) is 19.6. The summed E-state index contributed by atoms with van der Waals surface area (Å²) in [7, 11) is 2.95. The van der Waals surface area contributed by atoms with Gasteiger partial charge in [-0.05, 0) is 65.7 Å². The molecule has 0 aliphatic rings. The van der Waals surface area contributed by atoms with Crippen molar-refractivity contribution in [2.75, 3.05) is 14.2 Å². The van der Waals surface area contributed by atoms with E-state index >= 15 is 0 Å². The van der Waals surface area contributed by atoms with Crippen molar-refractivity contribution in [1.29, 1.82) is 0 Å². The first kappa shape index (κ1) is 24.2. The van der Waals surface area contributed by atoms with Gasteiger partial charge in [0.1, 0.15) is 0 Å². The number of carboxylic acid groups (broad SMARTS) is 1. The molecule has 0 aliphatic heterocycles. The van der Waals surface area contributed by atoms with Gasteiger partial charge in [-0.25, -0.2) is 9.48 Å². The third-order valence-electron chi connectivity index (χ3n) is 5.42. The standard InChI is InChI=1S/C28H24N2O6/c1-35-26-15-18(9-13-24(26)31)7-11-20-17-21(12-8-19-10-14-25(32)27(16-19)36-2)30(29-20)23-6-4-3-5-22(23)28(33)34/h3-17,31-32H,1-2H3,(H,33,34)/b11-7+,12-8+. The Morgan fingerprint density at radius 2 is 1.39 bits per heavy atom. The number of para-hydroxylation sites is 1. The summed E-state index contributed by atoms with van der Waals surface area (Å²) in [6.45, 7) is 0. The lowest BCUT2D eigenvalue weighted by Crippen LogP contribution is -2.07. The van der Waals surface area contributed by atoms with Crippen LogP contribution < -0.4 is 9.47 Å². The van der Waals surface area contributed by atoms with E-state index in [1.54, 1.807) is 65.4 Å². The van der Waals surface area contributed by atoms with Crippen molar-refractivity contribution in [3.8, 4) is 28.7 Å². The van der Waals surface area contributed by atoms with Gasteiger partial charge in [0, 0.05) is 0 Å². The second kappa shape index (κ2) is 10.5. The molecule has 0 radical (unpaired) electrons. The summed E-state index contributed by atoms with van der Waals surface area (Å²) in [5.74, 6) is -0.288. The minimum absolute atomic E-state index is 0.0355. The molecule has 3 aromatic carbocycles. The molecule has 0 fully saturated rings. The molecular formula is C28H24N2O6. The number of methoxy groups -OCH3 is 2. The average molecular weight is 485 g/mol. The second-order valence-corrected chi connectivity index (χ2v) is 7.76. The highest BCUT2D eigenvalue weighted by Crippen LogP contribution is 2.29. The maximum atomic E-state index is 11.9. The lowest BCUT2D eigenvalue weighted by Gasteiger charge is -2.08. The van der Waals surface area contributed by atoms with Crippen molar-refractivity contribution in [3.63, 3.8) is 0 Å². The number of hydrogen-bond donors (Lipinski definition) is 3. The Hall–Kier alpha value is -4.98. The van der Waals surface area contributed by atoms with Crippen LogP contribution in [0, 0.1) is 0 Å². The predicted molar refractivity (Wildman–Crippen MR) is 138 cm³/mol. The number of aromatic carboxylic acids is 1. The van der Waals surface area contributed by atoms with Crippen molar-refractivity contribution in [1.82, 2.24) is 9.78 Å². The zero-order valence-electron chi connectivity index (χ0n) is 19.6. The SMILES string of the molecule is COc1cc(/C=C/c2cc(/C=C/c3ccc(O)c(OC)c3)n(-c3ccccc3C(=O)O)n2)ccc1O. The van der Waals surface area contributed by atoms with Crippen LogP contribution in [-0.4, -0.2) is 45.3 Å². The van der Waals surface area contributed by atoms with Gasteiger partial charge < -0.3 is 24.8 Å². The van der Waals surface area contributed by atoms with Gasteiger partial charge in [0.15, 0.2) is 23.0 Å². The van der Waals surface area contributed by atoms with E-state index in [2.05, 4.69) is 5.10 Å². The molecule has 0 amide bonds. The molecule has 4 aromatic rings. The molecule has 0 atom stereocenters. The second-order valence-electron chi connectivity index (χ2n) is 7.76. The van der Waals surface area contributed by atoms with Crippen LogP contribution in [0.5, 0.6) is 23.0 Å².